The third-order valence-corrected chi connectivity index (χ3v) is 2.46. The van der Waals surface area contributed by atoms with Gasteiger partial charge in [0, 0.05) is 28.7 Å². The molecule has 0 unspecified atom stereocenters. The molecule has 0 bridgehead atoms. The predicted molar refractivity (Wildman–Crippen MR) is 65.7 cm³/mol. The normalized spacial score (nSPS) is 10.2. The Morgan fingerprint density at radius 3 is 2.82 bits per heavy atom. The van der Waals surface area contributed by atoms with Crippen molar-refractivity contribution in [2.75, 3.05) is 7.11 Å². The van der Waals surface area contributed by atoms with Gasteiger partial charge in [-0.3, -0.25) is 10.1 Å². The first-order valence-corrected chi connectivity index (χ1v) is 5.52. The van der Waals surface area contributed by atoms with Crippen LogP contribution in [0.3, 0.4) is 0 Å². The first-order chi connectivity index (χ1) is 8.13. The van der Waals surface area contributed by atoms with Crippen LogP contribution in [0.25, 0.3) is 11.5 Å². The van der Waals surface area contributed by atoms with Gasteiger partial charge in [-0.25, -0.2) is 0 Å². The Kier molecular flexibility index (Phi) is 3.22. The molecule has 8 heteroatoms. The summed E-state index contributed by atoms with van der Waals surface area (Å²) in [5.41, 5.74) is 0.260. The fourth-order valence-electron chi connectivity index (χ4n) is 1.37. The van der Waals surface area contributed by atoms with Gasteiger partial charge in [0.15, 0.2) is 0 Å². The largest absolute Gasteiger partial charge is 0.490 e. The van der Waals surface area contributed by atoms with Crippen LogP contribution in [0.5, 0.6) is 5.75 Å². The van der Waals surface area contributed by atoms with E-state index in [1.807, 2.05) is 22.6 Å². The van der Waals surface area contributed by atoms with Crippen LogP contribution >= 0.6 is 22.6 Å². The second-order valence-electron chi connectivity index (χ2n) is 2.98. The Morgan fingerprint density at radius 2 is 2.29 bits per heavy atom. The molecule has 0 atom stereocenters. The topological polar surface area (TPSA) is 91.3 Å². The van der Waals surface area contributed by atoms with Crippen LogP contribution in [0, 0.1) is 13.9 Å². The number of aromatic nitrogens is 2. The molecule has 17 heavy (non-hydrogen) atoms. The summed E-state index contributed by atoms with van der Waals surface area (Å²) >= 11 is 1.88. The maximum Gasteiger partial charge on any atom is 0.311 e. The quantitative estimate of drug-likeness (QED) is 0.481. The van der Waals surface area contributed by atoms with E-state index in [1.165, 1.54) is 19.2 Å². The number of para-hydroxylation sites is 1. The van der Waals surface area contributed by atoms with Crippen LogP contribution in [0.2, 0.25) is 0 Å². The van der Waals surface area contributed by atoms with Gasteiger partial charge in [0.05, 0.1) is 17.6 Å². The fourth-order valence-corrected chi connectivity index (χ4v) is 1.68. The van der Waals surface area contributed by atoms with E-state index >= 15 is 0 Å². The number of hydrogen-bond donors (Lipinski definition) is 0. The number of halogens is 1. The number of hydrogen-bond acceptors (Lipinski definition) is 6. The summed E-state index contributed by atoms with van der Waals surface area (Å²) in [5.74, 6) is 0.299. The van der Waals surface area contributed by atoms with E-state index in [1.54, 1.807) is 6.07 Å². The Morgan fingerprint density at radius 1 is 1.53 bits per heavy atom. The lowest BCUT2D eigenvalue weighted by atomic mass is 10.1. The molecule has 0 aliphatic heterocycles. The lowest BCUT2D eigenvalue weighted by Gasteiger charge is -2.04. The monoisotopic (exact) mass is 347 g/mol. The molecule has 0 saturated carbocycles. The lowest BCUT2D eigenvalue weighted by molar-refractivity contribution is -0.385. The third-order valence-electron chi connectivity index (χ3n) is 2.03. The summed E-state index contributed by atoms with van der Waals surface area (Å²) in [4.78, 5) is 14.3. The Bertz CT molecular complexity index is 569. The van der Waals surface area contributed by atoms with Gasteiger partial charge in [0.2, 0.25) is 9.58 Å². The van der Waals surface area contributed by atoms with Gasteiger partial charge in [-0.15, -0.1) is 0 Å². The Labute approximate surface area is 109 Å². The summed E-state index contributed by atoms with van der Waals surface area (Å²) < 4.78 is 10.4. The van der Waals surface area contributed by atoms with Gasteiger partial charge in [-0.2, -0.15) is 4.98 Å². The average Bonchev–Trinajstić information content (AvgIpc) is 2.74. The standard InChI is InChI=1S/C9H6IN3O4/c1-16-7-5(8-11-9(10)12-17-8)3-2-4-6(7)13(14)15/h2-4H,1H3. The SMILES string of the molecule is COc1c(-c2nc(I)no2)cccc1[N+](=O)[O-]. The van der Waals surface area contributed by atoms with E-state index < -0.39 is 4.92 Å². The molecule has 2 aromatic rings. The van der Waals surface area contributed by atoms with Crippen molar-refractivity contribution in [1.29, 1.82) is 0 Å². The molecule has 0 saturated heterocycles. The zero-order chi connectivity index (χ0) is 12.4. The highest BCUT2D eigenvalue weighted by Crippen LogP contribution is 2.36. The molecule has 0 radical (unpaired) electrons. The van der Waals surface area contributed by atoms with Crippen molar-refractivity contribution in [3.63, 3.8) is 0 Å². The summed E-state index contributed by atoms with van der Waals surface area (Å²) in [7, 11) is 1.35. The van der Waals surface area contributed by atoms with Gasteiger partial charge in [-0.05, 0) is 6.07 Å². The molecule has 0 fully saturated rings. The van der Waals surface area contributed by atoms with Crippen LogP contribution in [-0.4, -0.2) is 22.2 Å². The smallest absolute Gasteiger partial charge is 0.311 e. The third kappa shape index (κ3) is 2.20. The first-order valence-electron chi connectivity index (χ1n) is 4.44. The van der Waals surface area contributed by atoms with Gasteiger partial charge in [0.1, 0.15) is 0 Å². The fraction of sp³-hybridized carbons (Fsp3) is 0.111. The molecule has 0 amide bonds. The van der Waals surface area contributed by atoms with Crippen molar-refractivity contribution >= 4 is 28.3 Å². The molecule has 0 aliphatic carbocycles. The maximum atomic E-state index is 10.8. The van der Waals surface area contributed by atoms with Gasteiger partial charge in [-0.1, -0.05) is 11.2 Å². The van der Waals surface area contributed by atoms with Gasteiger partial charge in [0.25, 0.3) is 5.89 Å². The summed E-state index contributed by atoms with van der Waals surface area (Å²) in [6.45, 7) is 0. The first kappa shape index (κ1) is 11.8. The van der Waals surface area contributed by atoms with Crippen LogP contribution in [-0.2, 0) is 0 Å². The van der Waals surface area contributed by atoms with E-state index in [-0.39, 0.29) is 17.3 Å². The molecule has 0 spiro atoms. The van der Waals surface area contributed by atoms with Gasteiger partial charge >= 0.3 is 5.69 Å². The van der Waals surface area contributed by atoms with Crippen molar-refractivity contribution in [3.8, 4) is 17.2 Å². The minimum atomic E-state index is -0.524. The van der Waals surface area contributed by atoms with Crippen molar-refractivity contribution < 1.29 is 14.2 Å². The molecule has 0 aliphatic rings. The molecule has 88 valence electrons. The second kappa shape index (κ2) is 4.65. The minimum absolute atomic E-state index is 0.109. The van der Waals surface area contributed by atoms with Crippen LogP contribution < -0.4 is 4.74 Å². The minimum Gasteiger partial charge on any atom is -0.490 e. The predicted octanol–water partition coefficient (Wildman–Crippen LogP) is 2.26. The summed E-state index contributed by atoms with van der Waals surface area (Å²) in [5, 5.41) is 14.4. The van der Waals surface area contributed by atoms with E-state index in [0.29, 0.717) is 9.39 Å². The van der Waals surface area contributed by atoms with E-state index in [9.17, 15) is 10.1 Å². The molecule has 7 nitrogen and oxygen atoms in total. The highest BCUT2D eigenvalue weighted by atomic mass is 127. The van der Waals surface area contributed by atoms with Crippen molar-refractivity contribution in [2.24, 2.45) is 0 Å². The van der Waals surface area contributed by atoms with Crippen molar-refractivity contribution in [1.82, 2.24) is 10.1 Å². The highest BCUT2D eigenvalue weighted by Gasteiger charge is 2.22. The van der Waals surface area contributed by atoms with Crippen molar-refractivity contribution in [2.45, 2.75) is 0 Å². The van der Waals surface area contributed by atoms with E-state index in [0.717, 1.165) is 0 Å². The zero-order valence-electron chi connectivity index (χ0n) is 8.58. The number of ether oxygens (including phenoxy) is 1. The van der Waals surface area contributed by atoms with E-state index in [2.05, 4.69) is 10.1 Å². The summed E-state index contributed by atoms with van der Waals surface area (Å²) in [6.07, 6.45) is 0. The zero-order valence-corrected chi connectivity index (χ0v) is 10.7. The van der Waals surface area contributed by atoms with Crippen molar-refractivity contribution in [3.05, 3.63) is 32.1 Å². The number of rotatable bonds is 3. The second-order valence-corrected chi connectivity index (χ2v) is 3.95. The Balaban J connectivity index is 2.61. The molecular weight excluding hydrogens is 341 g/mol. The lowest BCUT2D eigenvalue weighted by Crippen LogP contribution is -1.95. The molecule has 1 aromatic carbocycles. The molecule has 1 heterocycles. The molecule has 0 N–H and O–H groups in total. The van der Waals surface area contributed by atoms with Crippen LogP contribution in [0.1, 0.15) is 0 Å². The maximum absolute atomic E-state index is 10.8. The highest BCUT2D eigenvalue weighted by molar-refractivity contribution is 14.1. The Hall–Kier alpha value is -1.71. The number of nitro benzene ring substituents is 1. The van der Waals surface area contributed by atoms with Gasteiger partial charge < -0.3 is 9.26 Å². The van der Waals surface area contributed by atoms with Crippen LogP contribution in [0.15, 0.2) is 22.7 Å². The number of methoxy groups -OCH3 is 1. The number of nitrogens with zero attached hydrogens (tertiary/aromatic N) is 3. The summed E-state index contributed by atoms with van der Waals surface area (Å²) in [6, 6.07) is 4.51. The van der Waals surface area contributed by atoms with Crippen LogP contribution in [0.4, 0.5) is 5.69 Å². The number of benzene rings is 1. The molecule has 1 aromatic heterocycles. The molecular formula is C9H6IN3O4. The average molecular weight is 347 g/mol. The molecule has 2 rings (SSSR count). The number of nitro groups is 1. The van der Waals surface area contributed by atoms with E-state index in [4.69, 9.17) is 9.26 Å².